The van der Waals surface area contributed by atoms with E-state index >= 15 is 0 Å². The van der Waals surface area contributed by atoms with E-state index in [1.54, 1.807) is 19.1 Å². The van der Waals surface area contributed by atoms with Crippen LogP contribution < -0.4 is 20.3 Å². The zero-order valence-corrected chi connectivity index (χ0v) is 18.8. The number of rotatable bonds is 7. The zero-order valence-electron chi connectivity index (χ0n) is 18.8. The third-order valence-corrected chi connectivity index (χ3v) is 5.31. The van der Waals surface area contributed by atoms with Gasteiger partial charge in [-0.15, -0.1) is 0 Å². The number of piperazine rings is 1. The third kappa shape index (κ3) is 4.70. The predicted octanol–water partition coefficient (Wildman–Crippen LogP) is 3.77. The Hall–Kier alpha value is -3.95. The van der Waals surface area contributed by atoms with Crippen LogP contribution in [-0.2, 0) is 9.53 Å². The largest absolute Gasteiger partial charge is 0.492 e. The van der Waals surface area contributed by atoms with Crippen LogP contribution in [0.4, 0.5) is 25.8 Å². The number of amides is 1. The van der Waals surface area contributed by atoms with Gasteiger partial charge in [0.15, 0.2) is 0 Å². The van der Waals surface area contributed by atoms with Crippen LogP contribution >= 0.6 is 0 Å². The highest BCUT2D eigenvalue weighted by molar-refractivity contribution is 6.07. The first kappa shape index (κ1) is 23.2. The lowest BCUT2D eigenvalue weighted by molar-refractivity contribution is -0.120. The molecule has 1 amide bonds. The van der Waals surface area contributed by atoms with E-state index in [9.17, 15) is 18.4 Å². The SMILES string of the molecule is CCOC(=O)c1cnc2cc(OCC)c(N3CCNC(=O)C3)cc2c1Nc1ccc(F)cc1F. The normalized spacial score (nSPS) is 13.5. The second-order valence-electron chi connectivity index (χ2n) is 7.56. The molecule has 10 heteroatoms. The molecule has 1 aliphatic rings. The molecule has 2 N–H and O–H groups in total. The van der Waals surface area contributed by atoms with Crippen molar-refractivity contribution in [2.75, 3.05) is 43.1 Å². The van der Waals surface area contributed by atoms with Crippen LogP contribution in [0, 0.1) is 11.6 Å². The van der Waals surface area contributed by atoms with Crippen molar-refractivity contribution >= 4 is 39.8 Å². The van der Waals surface area contributed by atoms with Gasteiger partial charge < -0.3 is 25.0 Å². The van der Waals surface area contributed by atoms with Crippen LogP contribution in [0.3, 0.4) is 0 Å². The molecule has 1 aromatic heterocycles. The number of carbonyl (C=O) groups excluding carboxylic acids is 2. The van der Waals surface area contributed by atoms with Gasteiger partial charge in [0, 0.05) is 36.8 Å². The Morgan fingerprint density at radius 3 is 2.74 bits per heavy atom. The minimum atomic E-state index is -0.821. The molecule has 0 bridgehead atoms. The van der Waals surface area contributed by atoms with Gasteiger partial charge in [0.1, 0.15) is 22.9 Å². The Morgan fingerprint density at radius 1 is 1.21 bits per heavy atom. The van der Waals surface area contributed by atoms with E-state index in [1.807, 2.05) is 11.8 Å². The molecule has 2 heterocycles. The van der Waals surface area contributed by atoms with Crippen molar-refractivity contribution in [3.63, 3.8) is 0 Å². The van der Waals surface area contributed by atoms with Crippen LogP contribution in [-0.4, -0.2) is 49.7 Å². The number of esters is 1. The molecular weight excluding hydrogens is 446 g/mol. The smallest absolute Gasteiger partial charge is 0.341 e. The molecule has 1 aliphatic heterocycles. The molecule has 34 heavy (non-hydrogen) atoms. The summed E-state index contributed by atoms with van der Waals surface area (Å²) in [5, 5.41) is 6.19. The van der Waals surface area contributed by atoms with E-state index in [0.717, 1.165) is 12.1 Å². The Labute approximate surface area is 194 Å². The Balaban J connectivity index is 1.92. The first-order valence-corrected chi connectivity index (χ1v) is 10.9. The topological polar surface area (TPSA) is 92.8 Å². The second kappa shape index (κ2) is 9.90. The van der Waals surface area contributed by atoms with Gasteiger partial charge in [0.2, 0.25) is 5.91 Å². The van der Waals surface area contributed by atoms with Crippen LogP contribution in [0.1, 0.15) is 24.2 Å². The Morgan fingerprint density at radius 2 is 2.03 bits per heavy atom. The summed E-state index contributed by atoms with van der Waals surface area (Å²) in [6.45, 7) is 5.20. The number of hydrogen-bond donors (Lipinski definition) is 2. The lowest BCUT2D eigenvalue weighted by atomic mass is 10.1. The lowest BCUT2D eigenvalue weighted by Crippen LogP contribution is -2.47. The van der Waals surface area contributed by atoms with Gasteiger partial charge >= 0.3 is 5.97 Å². The summed E-state index contributed by atoms with van der Waals surface area (Å²) in [7, 11) is 0. The predicted molar refractivity (Wildman–Crippen MR) is 124 cm³/mol. The van der Waals surface area contributed by atoms with Crippen LogP contribution in [0.25, 0.3) is 10.9 Å². The summed E-state index contributed by atoms with van der Waals surface area (Å²) in [5.41, 5.74) is 1.43. The van der Waals surface area contributed by atoms with Gasteiger partial charge in [-0.2, -0.15) is 0 Å². The number of anilines is 3. The minimum Gasteiger partial charge on any atom is -0.492 e. The molecule has 0 spiro atoms. The summed E-state index contributed by atoms with van der Waals surface area (Å²) in [6.07, 6.45) is 1.34. The van der Waals surface area contributed by atoms with E-state index in [1.165, 1.54) is 12.3 Å². The summed E-state index contributed by atoms with van der Waals surface area (Å²) < 4.78 is 38.9. The number of aromatic nitrogens is 1. The molecule has 3 aromatic rings. The molecule has 8 nitrogen and oxygen atoms in total. The number of fused-ring (bicyclic) bond motifs is 1. The average Bonchev–Trinajstić information content (AvgIpc) is 2.81. The Bertz CT molecular complexity index is 1250. The highest BCUT2D eigenvalue weighted by atomic mass is 19.1. The second-order valence-corrected chi connectivity index (χ2v) is 7.56. The Kier molecular flexibility index (Phi) is 6.76. The highest BCUT2D eigenvalue weighted by Crippen LogP contribution is 2.38. The number of nitrogens with zero attached hydrogens (tertiary/aromatic N) is 2. The quantitative estimate of drug-likeness (QED) is 0.508. The number of benzene rings is 2. The fourth-order valence-corrected chi connectivity index (χ4v) is 3.79. The van der Waals surface area contributed by atoms with E-state index in [-0.39, 0.29) is 36.0 Å². The van der Waals surface area contributed by atoms with E-state index in [2.05, 4.69) is 15.6 Å². The molecule has 1 fully saturated rings. The van der Waals surface area contributed by atoms with Crippen LogP contribution in [0.2, 0.25) is 0 Å². The molecule has 0 atom stereocenters. The van der Waals surface area contributed by atoms with Crippen molar-refractivity contribution < 1.29 is 27.8 Å². The van der Waals surface area contributed by atoms with E-state index in [0.29, 0.717) is 42.0 Å². The minimum absolute atomic E-state index is 0.0211. The molecule has 178 valence electrons. The molecule has 1 saturated heterocycles. The molecule has 0 saturated carbocycles. The van der Waals surface area contributed by atoms with Gasteiger partial charge in [0.05, 0.1) is 42.3 Å². The lowest BCUT2D eigenvalue weighted by Gasteiger charge is -2.30. The molecule has 4 rings (SSSR count). The maximum Gasteiger partial charge on any atom is 0.341 e. The monoisotopic (exact) mass is 470 g/mol. The fraction of sp³-hybridized carbons (Fsp3) is 0.292. The number of carbonyl (C=O) groups is 2. The van der Waals surface area contributed by atoms with Crippen LogP contribution in [0.5, 0.6) is 5.75 Å². The van der Waals surface area contributed by atoms with Crippen molar-refractivity contribution in [3.8, 4) is 5.75 Å². The van der Waals surface area contributed by atoms with Gasteiger partial charge in [0.25, 0.3) is 0 Å². The van der Waals surface area contributed by atoms with E-state index in [4.69, 9.17) is 9.47 Å². The molecule has 2 aromatic carbocycles. The maximum atomic E-state index is 14.5. The van der Waals surface area contributed by atoms with Crippen LogP contribution in [0.15, 0.2) is 36.5 Å². The molecule has 0 aliphatic carbocycles. The molecular formula is C24H24F2N4O4. The molecule has 0 unspecified atom stereocenters. The number of hydrogen-bond acceptors (Lipinski definition) is 7. The van der Waals surface area contributed by atoms with Gasteiger partial charge in [-0.1, -0.05) is 0 Å². The van der Waals surface area contributed by atoms with Crippen molar-refractivity contribution in [1.29, 1.82) is 0 Å². The molecule has 0 radical (unpaired) electrons. The first-order chi connectivity index (χ1) is 16.4. The average molecular weight is 470 g/mol. The van der Waals surface area contributed by atoms with Crippen molar-refractivity contribution in [2.45, 2.75) is 13.8 Å². The fourth-order valence-electron chi connectivity index (χ4n) is 3.79. The number of nitrogens with one attached hydrogen (secondary N) is 2. The maximum absolute atomic E-state index is 14.5. The van der Waals surface area contributed by atoms with Gasteiger partial charge in [-0.3, -0.25) is 9.78 Å². The zero-order chi connectivity index (χ0) is 24.2. The number of halogens is 2. The van der Waals surface area contributed by atoms with Gasteiger partial charge in [-0.05, 0) is 32.0 Å². The standard InChI is InChI=1S/C24H24F2N4O4/c1-3-33-21-11-19-15(10-20(21)30-8-7-27-22(31)13-30)23(16(12-28-19)24(32)34-4-2)29-18-6-5-14(25)9-17(18)26/h5-6,9-12H,3-4,7-8,13H2,1-2H3,(H,27,31)(H,28,29). The van der Waals surface area contributed by atoms with Crippen molar-refractivity contribution in [3.05, 3.63) is 53.7 Å². The number of pyridine rings is 1. The summed E-state index contributed by atoms with van der Waals surface area (Å²) >= 11 is 0. The van der Waals surface area contributed by atoms with E-state index < -0.39 is 17.6 Å². The number of ether oxygens (including phenoxy) is 2. The van der Waals surface area contributed by atoms with Crippen molar-refractivity contribution in [2.24, 2.45) is 0 Å². The summed E-state index contributed by atoms with van der Waals surface area (Å²) in [6, 6.07) is 6.57. The van der Waals surface area contributed by atoms with Crippen molar-refractivity contribution in [1.82, 2.24) is 10.3 Å². The summed E-state index contributed by atoms with van der Waals surface area (Å²) in [4.78, 5) is 31.0. The van der Waals surface area contributed by atoms with Gasteiger partial charge in [-0.25, -0.2) is 13.6 Å². The highest BCUT2D eigenvalue weighted by Gasteiger charge is 2.24. The summed E-state index contributed by atoms with van der Waals surface area (Å²) in [5.74, 6) is -1.78. The first-order valence-electron chi connectivity index (χ1n) is 10.9. The third-order valence-electron chi connectivity index (χ3n) is 5.31.